The fourth-order valence-corrected chi connectivity index (χ4v) is 5.03. The fourth-order valence-electron chi connectivity index (χ4n) is 5.03. The molecule has 3 amide bonds. The molecular formula is C23H32N4O3. The third-order valence-electron chi connectivity index (χ3n) is 6.90. The van der Waals surface area contributed by atoms with Gasteiger partial charge in [-0.2, -0.15) is 0 Å². The summed E-state index contributed by atoms with van der Waals surface area (Å²) in [5.74, 6) is -1.08. The van der Waals surface area contributed by atoms with Crippen LogP contribution in [0.1, 0.15) is 38.2 Å². The van der Waals surface area contributed by atoms with E-state index in [2.05, 4.69) is 28.1 Å². The molecule has 2 saturated heterocycles. The van der Waals surface area contributed by atoms with Crippen molar-refractivity contribution in [2.45, 2.75) is 39.5 Å². The highest BCUT2D eigenvalue weighted by molar-refractivity contribution is 6.08. The Kier molecular flexibility index (Phi) is 6.09. The second-order valence-corrected chi connectivity index (χ2v) is 8.73. The van der Waals surface area contributed by atoms with Crippen LogP contribution >= 0.6 is 0 Å². The number of nitrogens with zero attached hydrogens (tertiary/aromatic N) is 3. The number of carbonyl (C=O) groups excluding carboxylic acids is 3. The molecule has 30 heavy (non-hydrogen) atoms. The van der Waals surface area contributed by atoms with Gasteiger partial charge in [-0.25, -0.2) is 0 Å². The topological polar surface area (TPSA) is 73.0 Å². The minimum absolute atomic E-state index is 0.168. The average Bonchev–Trinajstić information content (AvgIpc) is 3.00. The predicted octanol–water partition coefficient (Wildman–Crippen LogP) is 2.25. The van der Waals surface area contributed by atoms with E-state index in [9.17, 15) is 14.4 Å². The summed E-state index contributed by atoms with van der Waals surface area (Å²) in [6, 6.07) is 6.05. The fraction of sp³-hybridized carbons (Fsp3) is 0.609. The van der Waals surface area contributed by atoms with Gasteiger partial charge >= 0.3 is 0 Å². The minimum atomic E-state index is -0.317. The molecule has 0 radical (unpaired) electrons. The number of aryl methyl sites for hydroxylation is 1. The molecule has 162 valence electrons. The Morgan fingerprint density at radius 3 is 2.23 bits per heavy atom. The van der Waals surface area contributed by atoms with Crippen LogP contribution in [0.4, 0.5) is 11.4 Å². The molecule has 7 nitrogen and oxygen atoms in total. The van der Waals surface area contributed by atoms with Gasteiger partial charge in [0.2, 0.25) is 17.7 Å². The molecule has 4 rings (SSSR count). The highest BCUT2D eigenvalue weighted by atomic mass is 16.2. The Labute approximate surface area is 178 Å². The van der Waals surface area contributed by atoms with Gasteiger partial charge in [-0.15, -0.1) is 0 Å². The molecule has 0 aromatic heterocycles. The number of benzene rings is 1. The molecule has 0 bridgehead atoms. The molecule has 1 aromatic rings. The Hall–Kier alpha value is -2.41. The number of imide groups is 1. The van der Waals surface area contributed by atoms with E-state index >= 15 is 0 Å². The van der Waals surface area contributed by atoms with Crippen LogP contribution in [-0.2, 0) is 14.4 Å². The van der Waals surface area contributed by atoms with E-state index in [1.165, 1.54) is 4.90 Å². The maximum atomic E-state index is 12.6. The van der Waals surface area contributed by atoms with Crippen molar-refractivity contribution in [2.24, 2.45) is 11.8 Å². The molecule has 2 aliphatic heterocycles. The highest BCUT2D eigenvalue weighted by Gasteiger charge is 2.48. The molecular weight excluding hydrogens is 380 g/mol. The smallest absolute Gasteiger partial charge is 0.244 e. The van der Waals surface area contributed by atoms with Crippen molar-refractivity contribution < 1.29 is 14.4 Å². The van der Waals surface area contributed by atoms with Crippen molar-refractivity contribution in [3.63, 3.8) is 0 Å². The molecule has 2 unspecified atom stereocenters. The van der Waals surface area contributed by atoms with Gasteiger partial charge in [0.25, 0.3) is 0 Å². The lowest BCUT2D eigenvalue weighted by molar-refractivity contribution is -0.142. The number of fused-ring (bicyclic) bond motifs is 1. The maximum Gasteiger partial charge on any atom is 0.244 e. The van der Waals surface area contributed by atoms with E-state index in [-0.39, 0.29) is 36.1 Å². The molecule has 2 atom stereocenters. The third-order valence-corrected chi connectivity index (χ3v) is 6.90. The van der Waals surface area contributed by atoms with E-state index in [4.69, 9.17) is 0 Å². The number of amides is 3. The van der Waals surface area contributed by atoms with E-state index in [1.54, 1.807) is 0 Å². The first-order chi connectivity index (χ1) is 14.5. The van der Waals surface area contributed by atoms with Crippen LogP contribution < -0.4 is 10.2 Å². The van der Waals surface area contributed by atoms with E-state index < -0.39 is 0 Å². The monoisotopic (exact) mass is 412 g/mol. The van der Waals surface area contributed by atoms with Crippen molar-refractivity contribution in [1.82, 2.24) is 9.80 Å². The van der Waals surface area contributed by atoms with Gasteiger partial charge in [0.05, 0.1) is 11.8 Å². The number of anilines is 2. The average molecular weight is 413 g/mol. The van der Waals surface area contributed by atoms with Crippen LogP contribution in [-0.4, -0.2) is 66.8 Å². The lowest BCUT2D eigenvalue weighted by atomic mass is 9.81. The lowest BCUT2D eigenvalue weighted by Gasteiger charge is -2.35. The summed E-state index contributed by atoms with van der Waals surface area (Å²) in [4.78, 5) is 43.8. The molecule has 0 spiro atoms. The number of hydrogen-bond donors (Lipinski definition) is 1. The number of rotatable bonds is 5. The van der Waals surface area contributed by atoms with Gasteiger partial charge < -0.3 is 15.1 Å². The predicted molar refractivity (Wildman–Crippen MR) is 116 cm³/mol. The number of piperazine rings is 1. The van der Waals surface area contributed by atoms with Gasteiger partial charge in [-0.1, -0.05) is 19.8 Å². The number of likely N-dealkylation sites (N-methyl/N-ethyl adjacent to an activating group) is 1. The van der Waals surface area contributed by atoms with Crippen LogP contribution in [0.2, 0.25) is 0 Å². The summed E-state index contributed by atoms with van der Waals surface area (Å²) >= 11 is 0. The van der Waals surface area contributed by atoms with Crippen LogP contribution in [0.15, 0.2) is 18.2 Å². The van der Waals surface area contributed by atoms with Crippen molar-refractivity contribution in [3.8, 4) is 0 Å². The molecule has 1 aromatic carbocycles. The SMILES string of the molecule is CCN1CCN(c2ccc(NC(=O)CN3C(=O)C4CCCCC4C3=O)c(C)c2)CC1. The summed E-state index contributed by atoms with van der Waals surface area (Å²) in [6.07, 6.45) is 3.50. The first kappa shape index (κ1) is 20.8. The molecule has 1 aliphatic carbocycles. The summed E-state index contributed by atoms with van der Waals surface area (Å²) in [7, 11) is 0. The largest absolute Gasteiger partial charge is 0.369 e. The summed E-state index contributed by atoms with van der Waals surface area (Å²) in [5, 5.41) is 2.89. The van der Waals surface area contributed by atoms with Gasteiger partial charge in [0.1, 0.15) is 6.54 Å². The number of nitrogens with one attached hydrogen (secondary N) is 1. The zero-order valence-electron chi connectivity index (χ0n) is 18.0. The number of carbonyl (C=O) groups is 3. The maximum absolute atomic E-state index is 12.6. The lowest BCUT2D eigenvalue weighted by Crippen LogP contribution is -2.46. The quantitative estimate of drug-likeness (QED) is 0.751. The molecule has 2 heterocycles. The van der Waals surface area contributed by atoms with E-state index in [0.29, 0.717) is 0 Å². The summed E-state index contributed by atoms with van der Waals surface area (Å²) < 4.78 is 0. The Morgan fingerprint density at radius 1 is 1.03 bits per heavy atom. The molecule has 7 heteroatoms. The first-order valence-electron chi connectivity index (χ1n) is 11.2. The summed E-state index contributed by atoms with van der Waals surface area (Å²) in [6.45, 7) is 9.19. The first-order valence-corrected chi connectivity index (χ1v) is 11.2. The van der Waals surface area contributed by atoms with Crippen LogP contribution in [0, 0.1) is 18.8 Å². The zero-order valence-corrected chi connectivity index (χ0v) is 18.0. The molecule has 1 saturated carbocycles. The Balaban J connectivity index is 1.37. The van der Waals surface area contributed by atoms with Crippen molar-refractivity contribution in [3.05, 3.63) is 23.8 Å². The third kappa shape index (κ3) is 4.08. The Bertz CT molecular complexity index is 808. The molecule has 3 aliphatic rings. The van der Waals surface area contributed by atoms with E-state index in [1.807, 2.05) is 19.1 Å². The standard InChI is InChI=1S/C23H32N4O3/c1-3-25-10-12-26(13-11-25)17-8-9-20(16(2)14-17)24-21(28)15-27-22(29)18-6-4-5-7-19(18)23(27)30/h8-9,14,18-19H,3-7,10-13,15H2,1-2H3,(H,24,28). The van der Waals surface area contributed by atoms with Gasteiger partial charge in [-0.3, -0.25) is 19.3 Å². The number of hydrogen-bond acceptors (Lipinski definition) is 5. The van der Waals surface area contributed by atoms with Crippen molar-refractivity contribution in [1.29, 1.82) is 0 Å². The minimum Gasteiger partial charge on any atom is -0.369 e. The van der Waals surface area contributed by atoms with E-state index in [0.717, 1.165) is 75.3 Å². The van der Waals surface area contributed by atoms with Crippen LogP contribution in [0.3, 0.4) is 0 Å². The van der Waals surface area contributed by atoms with Crippen molar-refractivity contribution >= 4 is 29.1 Å². The highest BCUT2D eigenvalue weighted by Crippen LogP contribution is 2.37. The Morgan fingerprint density at radius 2 is 1.67 bits per heavy atom. The molecule has 1 N–H and O–H groups in total. The second kappa shape index (κ2) is 8.76. The van der Waals surface area contributed by atoms with Gasteiger partial charge in [-0.05, 0) is 50.1 Å². The number of likely N-dealkylation sites (tertiary alicyclic amines) is 1. The van der Waals surface area contributed by atoms with Crippen molar-refractivity contribution in [2.75, 3.05) is 49.5 Å². The zero-order chi connectivity index (χ0) is 21.3. The second-order valence-electron chi connectivity index (χ2n) is 8.73. The van der Waals surface area contributed by atoms with Crippen LogP contribution in [0.25, 0.3) is 0 Å². The normalized spacial score (nSPS) is 24.9. The van der Waals surface area contributed by atoms with Gasteiger partial charge in [0, 0.05) is 37.6 Å². The van der Waals surface area contributed by atoms with Crippen LogP contribution in [0.5, 0.6) is 0 Å². The van der Waals surface area contributed by atoms with Gasteiger partial charge in [0.15, 0.2) is 0 Å². The molecule has 3 fully saturated rings. The summed E-state index contributed by atoms with van der Waals surface area (Å²) in [5.41, 5.74) is 2.87.